The van der Waals surface area contributed by atoms with Crippen LogP contribution in [0.3, 0.4) is 0 Å². The van der Waals surface area contributed by atoms with Crippen molar-refractivity contribution in [2.24, 2.45) is 11.8 Å². The van der Waals surface area contributed by atoms with Gasteiger partial charge in [0.05, 0.1) is 6.10 Å². The van der Waals surface area contributed by atoms with E-state index in [9.17, 15) is 5.11 Å². The van der Waals surface area contributed by atoms with E-state index >= 15 is 0 Å². The molecule has 3 heteroatoms. The fraction of sp³-hybridized carbons (Fsp3) is 1.00. The minimum Gasteiger partial charge on any atom is -0.396 e. The lowest BCUT2D eigenvalue weighted by atomic mass is 9.98. The first-order valence-electron chi connectivity index (χ1n) is 7.75. The lowest BCUT2D eigenvalue weighted by molar-refractivity contribution is 0.138. The van der Waals surface area contributed by atoms with Gasteiger partial charge in [0.1, 0.15) is 0 Å². The van der Waals surface area contributed by atoms with E-state index in [4.69, 9.17) is 5.11 Å². The maximum atomic E-state index is 9.97. The van der Waals surface area contributed by atoms with E-state index in [1.807, 2.05) is 0 Å². The third-order valence-corrected chi connectivity index (χ3v) is 4.13. The highest BCUT2D eigenvalue weighted by atomic mass is 16.3. The molecule has 0 aromatic rings. The van der Waals surface area contributed by atoms with Crippen molar-refractivity contribution in [2.45, 2.75) is 64.4 Å². The standard InChI is InChI=1S/C15H31NO2/c1-2-5-14(8-9-17)11-16-12-15(18)10-13-6-3-4-7-13/h13-18H,2-12H2,1H3. The number of aliphatic hydroxyl groups is 2. The van der Waals surface area contributed by atoms with Gasteiger partial charge in [0, 0.05) is 13.2 Å². The number of aliphatic hydroxyl groups excluding tert-OH is 2. The average Bonchev–Trinajstić information content (AvgIpc) is 2.82. The van der Waals surface area contributed by atoms with E-state index in [1.165, 1.54) is 25.7 Å². The first kappa shape index (κ1) is 15.9. The highest BCUT2D eigenvalue weighted by Gasteiger charge is 2.18. The molecule has 2 atom stereocenters. The summed E-state index contributed by atoms with van der Waals surface area (Å²) >= 11 is 0. The van der Waals surface area contributed by atoms with Crippen molar-refractivity contribution in [3.63, 3.8) is 0 Å². The first-order chi connectivity index (χ1) is 8.76. The topological polar surface area (TPSA) is 52.5 Å². The van der Waals surface area contributed by atoms with Crippen LogP contribution in [0.25, 0.3) is 0 Å². The van der Waals surface area contributed by atoms with Gasteiger partial charge in [-0.25, -0.2) is 0 Å². The van der Waals surface area contributed by atoms with Crippen LogP contribution in [0.4, 0.5) is 0 Å². The van der Waals surface area contributed by atoms with Crippen LogP contribution in [0.2, 0.25) is 0 Å². The van der Waals surface area contributed by atoms with Crippen molar-refractivity contribution in [3.05, 3.63) is 0 Å². The Labute approximate surface area is 112 Å². The summed E-state index contributed by atoms with van der Waals surface area (Å²) in [6.07, 6.45) is 9.28. The highest BCUT2D eigenvalue weighted by Crippen LogP contribution is 2.28. The second-order valence-electron chi connectivity index (χ2n) is 5.87. The van der Waals surface area contributed by atoms with E-state index < -0.39 is 0 Å². The Bertz CT molecular complexity index is 187. The lowest BCUT2D eigenvalue weighted by Crippen LogP contribution is -2.32. The fourth-order valence-corrected chi connectivity index (χ4v) is 3.11. The molecule has 0 aromatic heterocycles. The Morgan fingerprint density at radius 2 is 1.89 bits per heavy atom. The van der Waals surface area contributed by atoms with Crippen LogP contribution in [0.5, 0.6) is 0 Å². The minimum atomic E-state index is -0.190. The molecular weight excluding hydrogens is 226 g/mol. The molecule has 1 saturated carbocycles. The molecule has 108 valence electrons. The number of hydrogen-bond donors (Lipinski definition) is 3. The van der Waals surface area contributed by atoms with E-state index in [2.05, 4.69) is 12.2 Å². The molecule has 18 heavy (non-hydrogen) atoms. The van der Waals surface area contributed by atoms with E-state index in [0.717, 1.165) is 38.1 Å². The smallest absolute Gasteiger partial charge is 0.0667 e. The number of rotatable bonds is 10. The molecule has 1 fully saturated rings. The maximum absolute atomic E-state index is 9.97. The predicted molar refractivity (Wildman–Crippen MR) is 75.6 cm³/mol. The molecule has 0 aromatic carbocycles. The van der Waals surface area contributed by atoms with Gasteiger partial charge in [0.25, 0.3) is 0 Å². The summed E-state index contributed by atoms with van der Waals surface area (Å²) in [5, 5.41) is 22.3. The van der Waals surface area contributed by atoms with Gasteiger partial charge in [-0.3, -0.25) is 0 Å². The van der Waals surface area contributed by atoms with E-state index in [-0.39, 0.29) is 12.7 Å². The van der Waals surface area contributed by atoms with Crippen LogP contribution in [-0.4, -0.2) is 36.0 Å². The van der Waals surface area contributed by atoms with Crippen molar-refractivity contribution in [2.75, 3.05) is 19.7 Å². The molecule has 0 heterocycles. The molecule has 1 aliphatic carbocycles. The molecule has 0 amide bonds. The molecule has 0 bridgehead atoms. The summed E-state index contributed by atoms with van der Waals surface area (Å²) in [6, 6.07) is 0. The number of nitrogens with one attached hydrogen (secondary N) is 1. The normalized spacial score (nSPS) is 20.2. The second-order valence-corrected chi connectivity index (χ2v) is 5.87. The summed E-state index contributed by atoms with van der Waals surface area (Å²) in [7, 11) is 0. The van der Waals surface area contributed by atoms with Crippen LogP contribution in [0.15, 0.2) is 0 Å². The SMILES string of the molecule is CCCC(CCO)CNCC(O)CC1CCCC1. The average molecular weight is 257 g/mol. The van der Waals surface area contributed by atoms with Crippen LogP contribution in [0, 0.1) is 11.8 Å². The van der Waals surface area contributed by atoms with E-state index in [1.54, 1.807) is 0 Å². The van der Waals surface area contributed by atoms with Gasteiger partial charge in [0.15, 0.2) is 0 Å². The third-order valence-electron chi connectivity index (χ3n) is 4.13. The first-order valence-corrected chi connectivity index (χ1v) is 7.75. The Morgan fingerprint density at radius 3 is 2.50 bits per heavy atom. The van der Waals surface area contributed by atoms with Gasteiger partial charge < -0.3 is 15.5 Å². The largest absolute Gasteiger partial charge is 0.396 e. The van der Waals surface area contributed by atoms with Gasteiger partial charge in [-0.05, 0) is 37.6 Å². The fourth-order valence-electron chi connectivity index (χ4n) is 3.11. The highest BCUT2D eigenvalue weighted by molar-refractivity contribution is 4.73. The van der Waals surface area contributed by atoms with Crippen molar-refractivity contribution in [3.8, 4) is 0 Å². The van der Waals surface area contributed by atoms with Gasteiger partial charge in [-0.15, -0.1) is 0 Å². The summed E-state index contributed by atoms with van der Waals surface area (Å²) < 4.78 is 0. The van der Waals surface area contributed by atoms with Crippen molar-refractivity contribution in [1.82, 2.24) is 5.32 Å². The van der Waals surface area contributed by atoms with Gasteiger partial charge >= 0.3 is 0 Å². The molecule has 0 aliphatic heterocycles. The van der Waals surface area contributed by atoms with Crippen molar-refractivity contribution >= 4 is 0 Å². The summed E-state index contributed by atoms with van der Waals surface area (Å²) in [5.74, 6) is 1.31. The molecule has 0 radical (unpaired) electrons. The molecule has 3 N–H and O–H groups in total. The Kier molecular flexibility index (Phi) is 8.64. The predicted octanol–water partition coefficient (Wildman–Crippen LogP) is 2.32. The van der Waals surface area contributed by atoms with Crippen molar-refractivity contribution < 1.29 is 10.2 Å². The zero-order valence-corrected chi connectivity index (χ0v) is 11.9. The summed E-state index contributed by atoms with van der Waals surface area (Å²) in [4.78, 5) is 0. The van der Waals surface area contributed by atoms with Crippen molar-refractivity contribution in [1.29, 1.82) is 0 Å². The van der Waals surface area contributed by atoms with Gasteiger partial charge in [-0.1, -0.05) is 39.0 Å². The zero-order valence-electron chi connectivity index (χ0n) is 11.9. The Morgan fingerprint density at radius 1 is 1.17 bits per heavy atom. The monoisotopic (exact) mass is 257 g/mol. The Hall–Kier alpha value is -0.120. The third kappa shape index (κ3) is 6.72. The number of hydrogen-bond acceptors (Lipinski definition) is 3. The maximum Gasteiger partial charge on any atom is 0.0667 e. The molecule has 0 saturated heterocycles. The molecule has 2 unspecified atom stereocenters. The molecule has 1 rings (SSSR count). The van der Waals surface area contributed by atoms with E-state index in [0.29, 0.717) is 12.5 Å². The van der Waals surface area contributed by atoms with Crippen LogP contribution in [-0.2, 0) is 0 Å². The van der Waals surface area contributed by atoms with Gasteiger partial charge in [-0.2, -0.15) is 0 Å². The molecule has 3 nitrogen and oxygen atoms in total. The van der Waals surface area contributed by atoms with Crippen LogP contribution < -0.4 is 5.32 Å². The van der Waals surface area contributed by atoms with Crippen LogP contribution >= 0.6 is 0 Å². The molecule has 1 aliphatic rings. The second kappa shape index (κ2) is 9.76. The quantitative estimate of drug-likeness (QED) is 0.563. The lowest BCUT2D eigenvalue weighted by Gasteiger charge is -2.19. The van der Waals surface area contributed by atoms with Gasteiger partial charge in [0.2, 0.25) is 0 Å². The summed E-state index contributed by atoms with van der Waals surface area (Å²) in [5.41, 5.74) is 0. The summed E-state index contributed by atoms with van der Waals surface area (Å²) in [6.45, 7) is 4.09. The molecular formula is C15H31NO2. The molecule has 0 spiro atoms. The van der Waals surface area contributed by atoms with Crippen LogP contribution in [0.1, 0.15) is 58.3 Å². The minimum absolute atomic E-state index is 0.190. The zero-order chi connectivity index (χ0) is 13.2. The Balaban J connectivity index is 2.06.